The van der Waals surface area contributed by atoms with Crippen LogP contribution >= 0.6 is 23.2 Å². The molecule has 160 valence electrons. The second-order valence-electron chi connectivity index (χ2n) is 6.48. The van der Waals surface area contributed by atoms with Gasteiger partial charge in [-0.2, -0.15) is 4.31 Å². The van der Waals surface area contributed by atoms with Gasteiger partial charge < -0.3 is 10.1 Å². The maximum Gasteiger partial charge on any atom is 0.324 e. The third kappa shape index (κ3) is 4.92. The molecule has 3 rings (SSSR count). The molecule has 11 heteroatoms. The average Bonchev–Trinajstić information content (AvgIpc) is 3.20. The molecule has 1 heterocycles. The molecule has 1 aliphatic rings. The molecule has 0 radical (unpaired) electrons. The summed E-state index contributed by atoms with van der Waals surface area (Å²) in [6, 6.07) is 8.26. The Bertz CT molecular complexity index is 1080. The first-order valence-corrected chi connectivity index (χ1v) is 11.1. The Morgan fingerprint density at radius 3 is 2.67 bits per heavy atom. The number of carbonyl (C=O) groups excluding carboxylic acids is 2. The number of hydrogen-bond donors (Lipinski definition) is 1. The Morgan fingerprint density at radius 2 is 1.93 bits per heavy atom. The molecule has 0 saturated carbocycles. The van der Waals surface area contributed by atoms with E-state index in [4.69, 9.17) is 27.9 Å². The molecule has 2 aromatic rings. The number of benzene rings is 2. The van der Waals surface area contributed by atoms with Crippen molar-refractivity contribution in [1.82, 2.24) is 4.31 Å². The lowest BCUT2D eigenvalue weighted by Gasteiger charge is -2.22. The van der Waals surface area contributed by atoms with Gasteiger partial charge in [-0.15, -0.1) is 0 Å². The largest absolute Gasteiger partial charge is 0.454 e. The number of amides is 1. The summed E-state index contributed by atoms with van der Waals surface area (Å²) in [4.78, 5) is 24.0. The lowest BCUT2D eigenvalue weighted by atomic mass is 10.2. The molecule has 0 unspecified atom stereocenters. The van der Waals surface area contributed by atoms with E-state index in [0.29, 0.717) is 11.4 Å². The molecule has 2 aromatic carbocycles. The van der Waals surface area contributed by atoms with Crippen LogP contribution in [0.1, 0.15) is 12.8 Å². The van der Waals surface area contributed by atoms with Gasteiger partial charge in [0.1, 0.15) is 16.8 Å². The van der Waals surface area contributed by atoms with Crippen molar-refractivity contribution < 1.29 is 27.1 Å². The van der Waals surface area contributed by atoms with Gasteiger partial charge >= 0.3 is 5.97 Å². The first-order chi connectivity index (χ1) is 14.2. The van der Waals surface area contributed by atoms with Crippen LogP contribution in [-0.4, -0.2) is 43.8 Å². The second kappa shape index (κ2) is 9.30. The number of nitrogens with zero attached hydrogens (tertiary/aromatic N) is 1. The zero-order valence-corrected chi connectivity index (χ0v) is 17.8. The number of ether oxygens (including phenoxy) is 1. The van der Waals surface area contributed by atoms with Gasteiger partial charge in [-0.05, 0) is 43.2 Å². The summed E-state index contributed by atoms with van der Waals surface area (Å²) in [7, 11) is -4.24. The predicted molar refractivity (Wildman–Crippen MR) is 109 cm³/mol. The van der Waals surface area contributed by atoms with Gasteiger partial charge in [0.05, 0.1) is 10.7 Å². The van der Waals surface area contributed by atoms with E-state index in [2.05, 4.69) is 5.32 Å². The van der Waals surface area contributed by atoms with E-state index in [0.717, 1.165) is 16.4 Å². The van der Waals surface area contributed by atoms with Crippen molar-refractivity contribution in [3.05, 3.63) is 58.3 Å². The van der Waals surface area contributed by atoms with Crippen molar-refractivity contribution in [2.45, 2.75) is 23.8 Å². The van der Waals surface area contributed by atoms with Crippen molar-refractivity contribution in [3.8, 4) is 0 Å². The average molecular weight is 475 g/mol. The molecule has 1 atom stereocenters. The lowest BCUT2D eigenvalue weighted by molar-refractivity contribution is -0.150. The van der Waals surface area contributed by atoms with Crippen molar-refractivity contribution in [2.75, 3.05) is 18.5 Å². The minimum Gasteiger partial charge on any atom is -0.454 e. The monoisotopic (exact) mass is 474 g/mol. The van der Waals surface area contributed by atoms with Crippen LogP contribution < -0.4 is 5.32 Å². The number of hydrogen-bond acceptors (Lipinski definition) is 5. The molecule has 7 nitrogen and oxygen atoms in total. The van der Waals surface area contributed by atoms with Crippen LogP contribution in [0.5, 0.6) is 0 Å². The van der Waals surface area contributed by atoms with E-state index in [-0.39, 0.29) is 23.7 Å². The minimum absolute atomic E-state index is 0.0424. The third-order valence-electron chi connectivity index (χ3n) is 4.45. The highest BCUT2D eigenvalue weighted by Crippen LogP contribution is 2.28. The number of sulfonamides is 1. The zero-order chi connectivity index (χ0) is 21.9. The summed E-state index contributed by atoms with van der Waals surface area (Å²) in [6.07, 6.45) is 0.603. The molecule has 1 aliphatic heterocycles. The molecule has 1 amide bonds. The molecule has 0 bridgehead atoms. The van der Waals surface area contributed by atoms with Gasteiger partial charge in [0.15, 0.2) is 6.61 Å². The van der Waals surface area contributed by atoms with Crippen LogP contribution in [-0.2, 0) is 24.3 Å². The van der Waals surface area contributed by atoms with E-state index in [1.807, 2.05) is 0 Å². The van der Waals surface area contributed by atoms with Gasteiger partial charge in [-0.3, -0.25) is 9.59 Å². The fourth-order valence-electron chi connectivity index (χ4n) is 3.06. The smallest absolute Gasteiger partial charge is 0.324 e. The summed E-state index contributed by atoms with van der Waals surface area (Å²) >= 11 is 11.8. The van der Waals surface area contributed by atoms with Gasteiger partial charge in [-0.1, -0.05) is 35.3 Å². The molecule has 0 spiro atoms. The van der Waals surface area contributed by atoms with E-state index in [1.54, 1.807) is 6.07 Å². The summed E-state index contributed by atoms with van der Waals surface area (Å²) in [5.74, 6) is -2.47. The Hall–Kier alpha value is -2.20. The van der Waals surface area contributed by atoms with Gasteiger partial charge in [0.25, 0.3) is 5.91 Å². The highest BCUT2D eigenvalue weighted by Gasteiger charge is 2.41. The summed E-state index contributed by atoms with van der Waals surface area (Å²) in [5.41, 5.74) is 0.245. The molecule has 30 heavy (non-hydrogen) atoms. The number of esters is 1. The molecular weight excluding hydrogens is 458 g/mol. The third-order valence-corrected chi connectivity index (χ3v) is 6.95. The van der Waals surface area contributed by atoms with Crippen molar-refractivity contribution in [2.24, 2.45) is 0 Å². The molecule has 0 aromatic heterocycles. The number of anilines is 1. The zero-order valence-electron chi connectivity index (χ0n) is 15.5. The topological polar surface area (TPSA) is 92.8 Å². The van der Waals surface area contributed by atoms with Crippen LogP contribution in [0.2, 0.25) is 10.0 Å². The lowest BCUT2D eigenvalue weighted by Crippen LogP contribution is -2.42. The number of halogens is 3. The van der Waals surface area contributed by atoms with Crippen LogP contribution in [0.4, 0.5) is 10.1 Å². The maximum absolute atomic E-state index is 14.0. The van der Waals surface area contributed by atoms with Crippen molar-refractivity contribution >= 4 is 50.8 Å². The van der Waals surface area contributed by atoms with E-state index >= 15 is 0 Å². The van der Waals surface area contributed by atoms with Crippen molar-refractivity contribution in [1.29, 1.82) is 0 Å². The fourth-order valence-corrected chi connectivity index (χ4v) is 5.11. The normalized spacial score (nSPS) is 17.0. The number of carbonyl (C=O) groups is 2. The molecule has 1 N–H and O–H groups in total. The maximum atomic E-state index is 14.0. The molecule has 0 aliphatic carbocycles. The number of rotatable bonds is 6. The van der Waals surface area contributed by atoms with Crippen LogP contribution in [0.3, 0.4) is 0 Å². The van der Waals surface area contributed by atoms with E-state index < -0.39 is 45.3 Å². The Balaban J connectivity index is 1.65. The Morgan fingerprint density at radius 1 is 1.20 bits per heavy atom. The summed E-state index contributed by atoms with van der Waals surface area (Å²) < 4.78 is 45.5. The quantitative estimate of drug-likeness (QED) is 0.646. The van der Waals surface area contributed by atoms with Gasteiger partial charge in [0, 0.05) is 11.6 Å². The van der Waals surface area contributed by atoms with Crippen LogP contribution in [0, 0.1) is 5.82 Å². The van der Waals surface area contributed by atoms with Crippen LogP contribution in [0.25, 0.3) is 0 Å². The molecule has 1 saturated heterocycles. The highest BCUT2D eigenvalue weighted by atomic mass is 35.5. The summed E-state index contributed by atoms with van der Waals surface area (Å²) in [5, 5.41) is 3.06. The number of nitrogens with one attached hydrogen (secondary N) is 1. The Labute approximate surface area is 182 Å². The van der Waals surface area contributed by atoms with E-state index in [1.165, 1.54) is 24.3 Å². The second-order valence-corrected chi connectivity index (χ2v) is 9.19. The summed E-state index contributed by atoms with van der Waals surface area (Å²) in [6.45, 7) is -0.605. The van der Waals surface area contributed by atoms with Gasteiger partial charge in [0.2, 0.25) is 10.0 Å². The fraction of sp³-hybridized carbons (Fsp3) is 0.263. The Kier molecular flexibility index (Phi) is 6.97. The van der Waals surface area contributed by atoms with Gasteiger partial charge in [-0.25, -0.2) is 12.8 Å². The van der Waals surface area contributed by atoms with Crippen LogP contribution in [0.15, 0.2) is 47.4 Å². The molecule has 1 fully saturated rings. The van der Waals surface area contributed by atoms with E-state index in [9.17, 15) is 22.4 Å². The van der Waals surface area contributed by atoms with Crippen molar-refractivity contribution in [3.63, 3.8) is 0 Å². The minimum atomic E-state index is -4.24. The SMILES string of the molecule is O=C(COC(=O)[C@@H]1CCCN1S(=O)(=O)c1ccccc1F)Nc1cc(Cl)ccc1Cl. The first-order valence-electron chi connectivity index (χ1n) is 8.88. The standard InChI is InChI=1S/C19H17Cl2FN2O5S/c20-12-7-8-13(21)15(10-12)23-18(25)11-29-19(26)16-5-3-9-24(16)30(27,28)17-6-2-1-4-14(17)22/h1-2,4,6-8,10,16H,3,5,9,11H2,(H,23,25)/t16-/m0/s1. The molecular formula is C19H17Cl2FN2O5S. The predicted octanol–water partition coefficient (Wildman–Crippen LogP) is 3.47. The first kappa shape index (κ1) is 22.5. The highest BCUT2D eigenvalue weighted by molar-refractivity contribution is 7.89.